The third-order valence-corrected chi connectivity index (χ3v) is 7.51. The molecule has 1 aromatic heterocycles. The maximum Gasteiger partial charge on any atom is 0.179 e. The first kappa shape index (κ1) is 21.6. The van der Waals surface area contributed by atoms with E-state index in [0.29, 0.717) is 28.9 Å². The number of aromatic nitrogens is 1. The van der Waals surface area contributed by atoms with E-state index in [1.54, 1.807) is 6.07 Å². The molecular weight excluding hydrogens is 401 g/mol. The van der Waals surface area contributed by atoms with E-state index >= 15 is 0 Å². The van der Waals surface area contributed by atoms with E-state index in [9.17, 15) is 9.18 Å². The molecule has 0 aliphatic carbocycles. The lowest BCUT2D eigenvalue weighted by atomic mass is 9.91. The van der Waals surface area contributed by atoms with E-state index in [0.717, 1.165) is 43.2 Å². The van der Waals surface area contributed by atoms with Crippen molar-refractivity contribution >= 4 is 27.5 Å². The molecule has 32 heavy (non-hydrogen) atoms. The number of aromatic amines is 1. The van der Waals surface area contributed by atoms with Crippen LogP contribution in [0, 0.1) is 11.7 Å². The number of halogens is 1. The van der Waals surface area contributed by atoms with Crippen molar-refractivity contribution in [3.63, 3.8) is 0 Å². The van der Waals surface area contributed by atoms with Gasteiger partial charge in [0.05, 0.1) is 5.69 Å². The van der Waals surface area contributed by atoms with Crippen LogP contribution < -0.4 is 0 Å². The van der Waals surface area contributed by atoms with Gasteiger partial charge in [-0.1, -0.05) is 37.1 Å². The van der Waals surface area contributed by atoms with Gasteiger partial charge in [-0.15, -0.1) is 0 Å². The van der Waals surface area contributed by atoms with Crippen LogP contribution in [0.15, 0.2) is 36.4 Å². The Labute approximate surface area is 189 Å². The van der Waals surface area contributed by atoms with Gasteiger partial charge in [-0.2, -0.15) is 0 Å². The number of nitrogens with zero attached hydrogens (tertiary/aromatic N) is 2. The predicted molar refractivity (Wildman–Crippen MR) is 129 cm³/mol. The zero-order chi connectivity index (χ0) is 21.9. The van der Waals surface area contributed by atoms with Crippen LogP contribution in [0.25, 0.3) is 21.7 Å². The maximum atomic E-state index is 14.4. The molecule has 5 heteroatoms. The molecule has 0 unspecified atom stereocenters. The molecule has 170 valence electrons. The van der Waals surface area contributed by atoms with Crippen molar-refractivity contribution in [1.82, 2.24) is 14.8 Å². The smallest absolute Gasteiger partial charge is 0.179 e. The number of benzene rings is 2. The number of carbonyl (C=O) groups excluding carboxylic acids is 1. The van der Waals surface area contributed by atoms with Crippen molar-refractivity contribution in [3.05, 3.63) is 47.9 Å². The molecule has 0 atom stereocenters. The molecular formula is C27H34FN3O. The van der Waals surface area contributed by atoms with Gasteiger partial charge >= 0.3 is 0 Å². The van der Waals surface area contributed by atoms with Gasteiger partial charge in [-0.25, -0.2) is 4.39 Å². The number of piperidine rings is 1. The molecule has 0 spiro atoms. The minimum Gasteiger partial charge on any atom is -0.352 e. The Morgan fingerprint density at radius 3 is 2.25 bits per heavy atom. The summed E-state index contributed by atoms with van der Waals surface area (Å²) < 4.78 is 14.4. The van der Waals surface area contributed by atoms with Gasteiger partial charge in [0.2, 0.25) is 0 Å². The Hall–Kier alpha value is -2.24. The summed E-state index contributed by atoms with van der Waals surface area (Å²) in [6.45, 7) is 7.04. The molecule has 2 aliphatic heterocycles. The number of hydrogen-bond acceptors (Lipinski definition) is 3. The normalized spacial score (nSPS) is 19.5. The van der Waals surface area contributed by atoms with E-state index < -0.39 is 0 Å². The summed E-state index contributed by atoms with van der Waals surface area (Å²) in [5, 5.41) is 2.38. The van der Waals surface area contributed by atoms with Crippen molar-refractivity contribution < 1.29 is 9.18 Å². The van der Waals surface area contributed by atoms with Crippen molar-refractivity contribution in [3.8, 4) is 0 Å². The highest BCUT2D eigenvalue weighted by Crippen LogP contribution is 2.30. The second-order valence-corrected chi connectivity index (χ2v) is 9.72. The average molecular weight is 436 g/mol. The summed E-state index contributed by atoms with van der Waals surface area (Å²) in [5.41, 5.74) is 1.31. The molecule has 0 amide bonds. The summed E-state index contributed by atoms with van der Waals surface area (Å²) in [6, 6.07) is 10.9. The molecule has 2 aromatic carbocycles. The Bertz CT molecular complexity index is 1080. The molecule has 1 N–H and O–H groups in total. The van der Waals surface area contributed by atoms with Crippen molar-refractivity contribution in [2.45, 2.75) is 44.9 Å². The van der Waals surface area contributed by atoms with Gasteiger partial charge in [-0.05, 0) is 75.3 Å². The molecule has 2 aliphatic rings. The lowest BCUT2D eigenvalue weighted by molar-refractivity contribution is 0.0918. The molecule has 2 saturated heterocycles. The fourth-order valence-corrected chi connectivity index (χ4v) is 5.52. The predicted octanol–water partition coefficient (Wildman–Crippen LogP) is 5.62. The maximum absolute atomic E-state index is 14.4. The van der Waals surface area contributed by atoms with E-state index in [1.807, 2.05) is 24.3 Å². The number of likely N-dealkylation sites (tertiary alicyclic amines) is 2. The molecule has 3 aromatic rings. The van der Waals surface area contributed by atoms with Crippen molar-refractivity contribution in [2.24, 2.45) is 5.92 Å². The number of ketones is 1. The number of fused-ring (bicyclic) bond motifs is 3. The largest absolute Gasteiger partial charge is 0.352 e. The van der Waals surface area contributed by atoms with Gasteiger partial charge < -0.3 is 14.8 Å². The Kier molecular flexibility index (Phi) is 6.56. The van der Waals surface area contributed by atoms with Gasteiger partial charge in [0, 0.05) is 35.8 Å². The third-order valence-electron chi connectivity index (χ3n) is 7.51. The SMILES string of the molecule is O=C(CC1CCN(CCN2CCCCCC2)CC1)c1cc2c(cc(F)c3ccccc32)[nH]1. The zero-order valence-corrected chi connectivity index (χ0v) is 18.9. The fourth-order valence-electron chi connectivity index (χ4n) is 5.52. The van der Waals surface area contributed by atoms with Crippen LogP contribution in [0.1, 0.15) is 55.4 Å². The summed E-state index contributed by atoms with van der Waals surface area (Å²) >= 11 is 0. The number of hydrogen-bond donors (Lipinski definition) is 1. The highest BCUT2D eigenvalue weighted by molar-refractivity contribution is 6.10. The third kappa shape index (κ3) is 4.74. The first-order valence-electron chi connectivity index (χ1n) is 12.4. The van der Waals surface area contributed by atoms with Crippen LogP contribution in [0.5, 0.6) is 0 Å². The number of Topliss-reactive ketones (excluding diaryl/α,β-unsaturated/α-hetero) is 1. The van der Waals surface area contributed by atoms with Crippen LogP contribution >= 0.6 is 0 Å². The lowest BCUT2D eigenvalue weighted by Crippen LogP contribution is -2.40. The van der Waals surface area contributed by atoms with Gasteiger partial charge in [-0.3, -0.25) is 4.79 Å². The molecule has 5 rings (SSSR count). The molecule has 2 fully saturated rings. The highest BCUT2D eigenvalue weighted by atomic mass is 19.1. The standard InChI is InChI=1S/C27H34FN3O/c28-24-19-25-23(21-7-3-4-8-22(21)24)18-26(29-25)27(32)17-20-9-13-31(14-10-20)16-15-30-11-5-1-2-6-12-30/h3-4,7-8,18-20,29H,1-2,5-6,9-17H2. The summed E-state index contributed by atoms with van der Waals surface area (Å²) in [4.78, 5) is 21.4. The monoisotopic (exact) mass is 435 g/mol. The minimum absolute atomic E-state index is 0.147. The van der Waals surface area contributed by atoms with Crippen LogP contribution in [0.4, 0.5) is 4.39 Å². The summed E-state index contributed by atoms with van der Waals surface area (Å²) in [6.07, 6.45) is 8.22. The number of nitrogens with one attached hydrogen (secondary N) is 1. The van der Waals surface area contributed by atoms with E-state index in [4.69, 9.17) is 0 Å². The van der Waals surface area contributed by atoms with E-state index in [-0.39, 0.29) is 11.6 Å². The molecule has 0 saturated carbocycles. The van der Waals surface area contributed by atoms with Crippen LogP contribution in [0.2, 0.25) is 0 Å². The minimum atomic E-state index is -0.249. The summed E-state index contributed by atoms with van der Waals surface area (Å²) in [7, 11) is 0. The van der Waals surface area contributed by atoms with Crippen LogP contribution in [-0.4, -0.2) is 59.8 Å². The number of carbonyl (C=O) groups is 1. The molecule has 0 radical (unpaired) electrons. The van der Waals surface area contributed by atoms with Crippen LogP contribution in [0.3, 0.4) is 0 Å². The topological polar surface area (TPSA) is 39.3 Å². The first-order valence-corrected chi connectivity index (χ1v) is 12.4. The molecule has 4 nitrogen and oxygen atoms in total. The summed E-state index contributed by atoms with van der Waals surface area (Å²) in [5.74, 6) is 0.340. The molecule has 3 heterocycles. The fraction of sp³-hybridized carbons (Fsp3) is 0.519. The Balaban J connectivity index is 1.16. The van der Waals surface area contributed by atoms with Crippen LogP contribution in [-0.2, 0) is 0 Å². The lowest BCUT2D eigenvalue weighted by Gasteiger charge is -2.33. The quantitative estimate of drug-likeness (QED) is 0.511. The Morgan fingerprint density at radius 2 is 1.53 bits per heavy atom. The average Bonchev–Trinajstić information content (AvgIpc) is 3.07. The number of H-pyrrole nitrogens is 1. The Morgan fingerprint density at radius 1 is 0.875 bits per heavy atom. The number of rotatable bonds is 6. The van der Waals surface area contributed by atoms with Crippen molar-refractivity contribution in [2.75, 3.05) is 39.3 Å². The second kappa shape index (κ2) is 9.72. The van der Waals surface area contributed by atoms with Gasteiger partial charge in [0.25, 0.3) is 0 Å². The highest BCUT2D eigenvalue weighted by Gasteiger charge is 2.23. The zero-order valence-electron chi connectivity index (χ0n) is 18.9. The molecule has 0 bridgehead atoms. The van der Waals surface area contributed by atoms with Crippen molar-refractivity contribution in [1.29, 1.82) is 0 Å². The van der Waals surface area contributed by atoms with Gasteiger partial charge in [0.1, 0.15) is 5.82 Å². The van der Waals surface area contributed by atoms with E-state index in [2.05, 4.69) is 14.8 Å². The first-order chi connectivity index (χ1) is 15.7. The van der Waals surface area contributed by atoms with Gasteiger partial charge in [0.15, 0.2) is 5.78 Å². The second-order valence-electron chi connectivity index (χ2n) is 9.72. The van der Waals surface area contributed by atoms with E-state index in [1.165, 1.54) is 51.4 Å².